The van der Waals surface area contributed by atoms with Crippen molar-refractivity contribution in [3.8, 4) is 22.6 Å². The smallest absolute Gasteiger partial charge is 0.356 e. The molecule has 0 aliphatic carbocycles. The standard InChI is InChI=1S/C19H17NO4/c1-22-13-6-4-12(5-7-13)15-11-18(19(21)24-3)20-17-9-8-14(23-2)10-16(15)17/h4-11H,1-3H3. The number of rotatable bonds is 4. The lowest BCUT2D eigenvalue weighted by atomic mass is 9.99. The van der Waals surface area contributed by atoms with Gasteiger partial charge in [0.1, 0.15) is 17.2 Å². The lowest BCUT2D eigenvalue weighted by molar-refractivity contribution is 0.0594. The number of carbonyl (C=O) groups is 1. The second kappa shape index (κ2) is 6.58. The van der Waals surface area contributed by atoms with Crippen LogP contribution in [-0.2, 0) is 4.74 Å². The molecule has 0 aliphatic heterocycles. The predicted octanol–water partition coefficient (Wildman–Crippen LogP) is 3.71. The van der Waals surface area contributed by atoms with Crippen molar-refractivity contribution in [2.24, 2.45) is 0 Å². The lowest BCUT2D eigenvalue weighted by Gasteiger charge is -2.11. The summed E-state index contributed by atoms with van der Waals surface area (Å²) in [6.07, 6.45) is 0. The minimum atomic E-state index is -0.470. The Morgan fingerprint density at radius 1 is 0.875 bits per heavy atom. The Morgan fingerprint density at radius 3 is 2.17 bits per heavy atom. The number of pyridine rings is 1. The van der Waals surface area contributed by atoms with E-state index in [0.29, 0.717) is 5.52 Å². The number of carbonyl (C=O) groups excluding carboxylic acids is 1. The van der Waals surface area contributed by atoms with Crippen LogP contribution in [0.5, 0.6) is 11.5 Å². The first-order valence-electron chi connectivity index (χ1n) is 7.38. The molecule has 0 fully saturated rings. The van der Waals surface area contributed by atoms with Gasteiger partial charge < -0.3 is 14.2 Å². The second-order valence-electron chi connectivity index (χ2n) is 5.16. The molecule has 5 heteroatoms. The quantitative estimate of drug-likeness (QED) is 0.685. The van der Waals surface area contributed by atoms with Crippen LogP contribution < -0.4 is 9.47 Å². The van der Waals surface area contributed by atoms with Crippen molar-refractivity contribution in [2.75, 3.05) is 21.3 Å². The Labute approximate surface area is 139 Å². The number of benzene rings is 2. The normalized spacial score (nSPS) is 10.5. The Bertz CT molecular complexity index is 888. The first kappa shape index (κ1) is 15.8. The van der Waals surface area contributed by atoms with Crippen LogP contribution in [0.3, 0.4) is 0 Å². The largest absolute Gasteiger partial charge is 0.497 e. The molecule has 122 valence electrons. The molecule has 0 bridgehead atoms. The van der Waals surface area contributed by atoms with Gasteiger partial charge in [-0.05, 0) is 47.5 Å². The highest BCUT2D eigenvalue weighted by Gasteiger charge is 2.14. The summed E-state index contributed by atoms with van der Waals surface area (Å²) in [5.41, 5.74) is 2.79. The fourth-order valence-corrected chi connectivity index (χ4v) is 2.55. The van der Waals surface area contributed by atoms with E-state index in [1.807, 2.05) is 42.5 Å². The van der Waals surface area contributed by atoms with E-state index < -0.39 is 5.97 Å². The number of esters is 1. The fraction of sp³-hybridized carbons (Fsp3) is 0.158. The summed E-state index contributed by atoms with van der Waals surface area (Å²) in [6.45, 7) is 0. The third kappa shape index (κ3) is 2.88. The highest BCUT2D eigenvalue weighted by atomic mass is 16.5. The molecular formula is C19H17NO4. The molecule has 1 aromatic heterocycles. The number of nitrogens with zero attached hydrogens (tertiary/aromatic N) is 1. The van der Waals surface area contributed by atoms with Gasteiger partial charge in [-0.2, -0.15) is 0 Å². The number of aromatic nitrogens is 1. The molecule has 3 rings (SSSR count). The summed E-state index contributed by atoms with van der Waals surface area (Å²) in [6, 6.07) is 14.9. The third-order valence-corrected chi connectivity index (χ3v) is 3.81. The molecule has 5 nitrogen and oxygen atoms in total. The summed E-state index contributed by atoms with van der Waals surface area (Å²) in [5.74, 6) is 1.02. The average molecular weight is 323 g/mol. The first-order valence-corrected chi connectivity index (χ1v) is 7.38. The van der Waals surface area contributed by atoms with Gasteiger partial charge in [0.2, 0.25) is 0 Å². The highest BCUT2D eigenvalue weighted by Crippen LogP contribution is 2.32. The van der Waals surface area contributed by atoms with Crippen molar-refractivity contribution in [3.05, 3.63) is 54.2 Å². The van der Waals surface area contributed by atoms with Crippen molar-refractivity contribution in [3.63, 3.8) is 0 Å². The lowest BCUT2D eigenvalue weighted by Crippen LogP contribution is -2.05. The minimum absolute atomic E-state index is 0.265. The van der Waals surface area contributed by atoms with Crippen molar-refractivity contribution in [1.29, 1.82) is 0 Å². The number of hydrogen-bond acceptors (Lipinski definition) is 5. The molecule has 24 heavy (non-hydrogen) atoms. The van der Waals surface area contributed by atoms with Crippen LogP contribution >= 0.6 is 0 Å². The molecular weight excluding hydrogens is 306 g/mol. The summed E-state index contributed by atoms with van der Waals surface area (Å²) in [7, 11) is 4.58. The summed E-state index contributed by atoms with van der Waals surface area (Å²) >= 11 is 0. The zero-order valence-corrected chi connectivity index (χ0v) is 13.7. The van der Waals surface area contributed by atoms with Crippen LogP contribution in [-0.4, -0.2) is 32.3 Å². The molecule has 0 amide bonds. The third-order valence-electron chi connectivity index (χ3n) is 3.81. The molecule has 0 N–H and O–H groups in total. The van der Waals surface area contributed by atoms with E-state index in [4.69, 9.17) is 14.2 Å². The van der Waals surface area contributed by atoms with Gasteiger partial charge in [0.25, 0.3) is 0 Å². The van der Waals surface area contributed by atoms with E-state index in [0.717, 1.165) is 28.0 Å². The van der Waals surface area contributed by atoms with E-state index >= 15 is 0 Å². The van der Waals surface area contributed by atoms with Gasteiger partial charge in [0.15, 0.2) is 0 Å². The molecule has 0 spiro atoms. The molecule has 0 radical (unpaired) electrons. The number of fused-ring (bicyclic) bond motifs is 1. The number of methoxy groups -OCH3 is 3. The van der Waals surface area contributed by atoms with Gasteiger partial charge in [-0.3, -0.25) is 0 Å². The zero-order valence-electron chi connectivity index (χ0n) is 13.7. The maximum Gasteiger partial charge on any atom is 0.356 e. The summed E-state index contributed by atoms with van der Waals surface area (Å²) < 4.78 is 15.3. The Kier molecular flexibility index (Phi) is 4.33. The van der Waals surface area contributed by atoms with Crippen molar-refractivity contribution in [2.45, 2.75) is 0 Å². The highest BCUT2D eigenvalue weighted by molar-refractivity contribution is 6.00. The number of hydrogen-bond donors (Lipinski definition) is 0. The van der Waals surface area contributed by atoms with Crippen molar-refractivity contribution < 1.29 is 19.0 Å². The van der Waals surface area contributed by atoms with E-state index in [1.54, 1.807) is 20.3 Å². The Hall–Kier alpha value is -3.08. The van der Waals surface area contributed by atoms with E-state index in [-0.39, 0.29) is 5.69 Å². The van der Waals surface area contributed by atoms with Crippen LogP contribution in [0.25, 0.3) is 22.0 Å². The van der Waals surface area contributed by atoms with Crippen molar-refractivity contribution in [1.82, 2.24) is 4.98 Å². The SMILES string of the molecule is COC(=O)c1cc(-c2ccc(OC)cc2)c2cc(OC)ccc2n1. The van der Waals surface area contributed by atoms with Crippen LogP contribution in [0.1, 0.15) is 10.5 Å². The minimum Gasteiger partial charge on any atom is -0.497 e. The average Bonchev–Trinajstić information content (AvgIpc) is 2.66. The Balaban J connectivity index is 2.26. The van der Waals surface area contributed by atoms with Gasteiger partial charge in [-0.15, -0.1) is 0 Å². The van der Waals surface area contributed by atoms with Crippen LogP contribution in [0.2, 0.25) is 0 Å². The zero-order chi connectivity index (χ0) is 17.1. The maximum absolute atomic E-state index is 11.9. The van der Waals surface area contributed by atoms with Gasteiger partial charge >= 0.3 is 5.97 Å². The van der Waals surface area contributed by atoms with E-state index in [2.05, 4.69) is 4.98 Å². The van der Waals surface area contributed by atoms with Crippen LogP contribution in [0.4, 0.5) is 0 Å². The molecule has 1 heterocycles. The topological polar surface area (TPSA) is 57.7 Å². The molecule has 0 aliphatic rings. The monoisotopic (exact) mass is 323 g/mol. The molecule has 3 aromatic rings. The van der Waals surface area contributed by atoms with Gasteiger partial charge in [0.05, 0.1) is 26.8 Å². The molecule has 2 aromatic carbocycles. The fourth-order valence-electron chi connectivity index (χ4n) is 2.55. The molecule has 0 saturated carbocycles. The Morgan fingerprint density at radius 2 is 1.54 bits per heavy atom. The summed E-state index contributed by atoms with van der Waals surface area (Å²) in [5, 5.41) is 0.896. The summed E-state index contributed by atoms with van der Waals surface area (Å²) in [4.78, 5) is 16.3. The van der Waals surface area contributed by atoms with Crippen LogP contribution in [0, 0.1) is 0 Å². The molecule has 0 unspecified atom stereocenters. The van der Waals surface area contributed by atoms with Gasteiger partial charge in [-0.25, -0.2) is 9.78 Å². The van der Waals surface area contributed by atoms with Gasteiger partial charge in [-0.1, -0.05) is 12.1 Å². The molecule has 0 atom stereocenters. The van der Waals surface area contributed by atoms with E-state index in [1.165, 1.54) is 7.11 Å². The van der Waals surface area contributed by atoms with Crippen LogP contribution in [0.15, 0.2) is 48.5 Å². The van der Waals surface area contributed by atoms with E-state index in [9.17, 15) is 4.79 Å². The predicted molar refractivity (Wildman–Crippen MR) is 91.6 cm³/mol. The van der Waals surface area contributed by atoms with Gasteiger partial charge in [0, 0.05) is 5.39 Å². The van der Waals surface area contributed by atoms with Crippen molar-refractivity contribution >= 4 is 16.9 Å². The first-order chi connectivity index (χ1) is 11.7. The number of ether oxygens (including phenoxy) is 3. The maximum atomic E-state index is 11.9. The molecule has 0 saturated heterocycles. The second-order valence-corrected chi connectivity index (χ2v) is 5.16.